The summed E-state index contributed by atoms with van der Waals surface area (Å²) in [6.07, 6.45) is -2.14. The predicted octanol–water partition coefficient (Wildman–Crippen LogP) is 0.154. The molecule has 20 heavy (non-hydrogen) atoms. The molecule has 7 heteroatoms. The fourth-order valence-corrected chi connectivity index (χ4v) is 1.56. The molecule has 4 N–H and O–H groups in total. The summed E-state index contributed by atoms with van der Waals surface area (Å²) in [5.41, 5.74) is 0.326. The topological polar surface area (TPSA) is 124 Å². The molecule has 1 unspecified atom stereocenters. The van der Waals surface area contributed by atoms with Crippen molar-refractivity contribution in [2.45, 2.75) is 25.0 Å². The summed E-state index contributed by atoms with van der Waals surface area (Å²) < 4.78 is 0. The number of carbonyl (C=O) groups excluding carboxylic acids is 1. The minimum Gasteiger partial charge on any atom is -0.481 e. The molecule has 0 aliphatic carbocycles. The van der Waals surface area contributed by atoms with Gasteiger partial charge in [0.1, 0.15) is 6.04 Å². The van der Waals surface area contributed by atoms with Crippen LogP contribution in [-0.2, 0) is 14.4 Å². The molecule has 1 aromatic carbocycles. The van der Waals surface area contributed by atoms with Crippen LogP contribution < -0.4 is 5.32 Å². The van der Waals surface area contributed by atoms with Crippen LogP contribution in [0, 0.1) is 0 Å². The Bertz CT molecular complexity index is 487. The number of benzene rings is 1. The lowest BCUT2D eigenvalue weighted by molar-refractivity contribution is -0.144. The van der Waals surface area contributed by atoms with Crippen molar-refractivity contribution in [3.05, 3.63) is 35.9 Å². The Kier molecular flexibility index (Phi) is 5.67. The second kappa shape index (κ2) is 7.25. The van der Waals surface area contributed by atoms with E-state index in [2.05, 4.69) is 5.32 Å². The van der Waals surface area contributed by atoms with Gasteiger partial charge in [0.25, 0.3) is 5.91 Å². The average molecular weight is 281 g/mol. The van der Waals surface area contributed by atoms with Crippen molar-refractivity contribution in [3.63, 3.8) is 0 Å². The maximum absolute atomic E-state index is 11.7. The zero-order valence-corrected chi connectivity index (χ0v) is 10.5. The van der Waals surface area contributed by atoms with Gasteiger partial charge in [0.05, 0.1) is 0 Å². The third-order valence-electron chi connectivity index (χ3n) is 2.63. The zero-order valence-electron chi connectivity index (χ0n) is 10.5. The molecule has 0 fully saturated rings. The van der Waals surface area contributed by atoms with Gasteiger partial charge in [-0.25, -0.2) is 4.79 Å². The van der Waals surface area contributed by atoms with Gasteiger partial charge in [-0.05, 0) is 12.0 Å². The number of nitrogens with one attached hydrogen (secondary N) is 1. The molecule has 0 aliphatic rings. The molecule has 108 valence electrons. The third-order valence-corrected chi connectivity index (χ3v) is 2.63. The Morgan fingerprint density at radius 2 is 1.70 bits per heavy atom. The van der Waals surface area contributed by atoms with Crippen molar-refractivity contribution in [1.82, 2.24) is 5.32 Å². The zero-order chi connectivity index (χ0) is 15.1. The van der Waals surface area contributed by atoms with Gasteiger partial charge in [0.15, 0.2) is 6.10 Å². The molecule has 0 aliphatic heterocycles. The SMILES string of the molecule is O=C(O)CC[C@H](NC(=O)C(O)c1ccccc1)C(=O)O. The molecule has 1 rings (SSSR count). The molecule has 1 aromatic rings. The second-order valence-corrected chi connectivity index (χ2v) is 4.15. The fraction of sp³-hybridized carbons (Fsp3) is 0.308. The lowest BCUT2D eigenvalue weighted by Gasteiger charge is -2.16. The first-order valence-electron chi connectivity index (χ1n) is 5.89. The average Bonchev–Trinajstić information content (AvgIpc) is 2.42. The van der Waals surface area contributed by atoms with Gasteiger partial charge in [0, 0.05) is 6.42 Å². The van der Waals surface area contributed by atoms with Crippen molar-refractivity contribution in [3.8, 4) is 0 Å². The summed E-state index contributed by atoms with van der Waals surface area (Å²) in [4.78, 5) is 33.1. The van der Waals surface area contributed by atoms with E-state index in [9.17, 15) is 19.5 Å². The van der Waals surface area contributed by atoms with Gasteiger partial charge in [-0.1, -0.05) is 30.3 Å². The van der Waals surface area contributed by atoms with E-state index in [1.54, 1.807) is 18.2 Å². The smallest absolute Gasteiger partial charge is 0.326 e. The van der Waals surface area contributed by atoms with Gasteiger partial charge in [-0.3, -0.25) is 9.59 Å². The highest BCUT2D eigenvalue weighted by Gasteiger charge is 2.25. The van der Waals surface area contributed by atoms with Crippen LogP contribution in [0.5, 0.6) is 0 Å². The van der Waals surface area contributed by atoms with Crippen LogP contribution in [-0.4, -0.2) is 39.2 Å². The Balaban J connectivity index is 2.66. The molecule has 0 saturated carbocycles. The predicted molar refractivity (Wildman–Crippen MR) is 67.8 cm³/mol. The maximum Gasteiger partial charge on any atom is 0.326 e. The Morgan fingerprint density at radius 3 is 2.20 bits per heavy atom. The maximum atomic E-state index is 11.7. The van der Waals surface area contributed by atoms with Gasteiger partial charge in [0.2, 0.25) is 0 Å². The number of carbonyl (C=O) groups is 3. The van der Waals surface area contributed by atoms with Crippen LogP contribution in [0.15, 0.2) is 30.3 Å². The molecule has 0 spiro atoms. The Morgan fingerprint density at radius 1 is 1.10 bits per heavy atom. The summed E-state index contributed by atoms with van der Waals surface area (Å²) in [5, 5.41) is 29.3. The first-order valence-corrected chi connectivity index (χ1v) is 5.89. The van der Waals surface area contributed by atoms with Crippen molar-refractivity contribution in [2.75, 3.05) is 0 Å². The number of aliphatic hydroxyl groups excluding tert-OH is 1. The Hall–Kier alpha value is -2.41. The van der Waals surface area contributed by atoms with Crippen molar-refractivity contribution in [1.29, 1.82) is 0 Å². The highest BCUT2D eigenvalue weighted by molar-refractivity contribution is 5.87. The highest BCUT2D eigenvalue weighted by atomic mass is 16.4. The van der Waals surface area contributed by atoms with Gasteiger partial charge in [-0.15, -0.1) is 0 Å². The fourth-order valence-electron chi connectivity index (χ4n) is 1.56. The van der Waals surface area contributed by atoms with Gasteiger partial charge < -0.3 is 20.6 Å². The molecule has 7 nitrogen and oxygen atoms in total. The van der Waals surface area contributed by atoms with E-state index in [0.717, 1.165) is 0 Å². The van der Waals surface area contributed by atoms with Gasteiger partial charge in [-0.2, -0.15) is 0 Å². The molecular weight excluding hydrogens is 266 g/mol. The van der Waals surface area contributed by atoms with E-state index in [1.807, 2.05) is 0 Å². The first kappa shape index (κ1) is 15.6. The summed E-state index contributed by atoms with van der Waals surface area (Å²) >= 11 is 0. The number of aliphatic carboxylic acids is 2. The molecule has 0 bridgehead atoms. The van der Waals surface area contributed by atoms with E-state index in [1.165, 1.54) is 12.1 Å². The monoisotopic (exact) mass is 281 g/mol. The highest BCUT2D eigenvalue weighted by Crippen LogP contribution is 2.12. The third kappa shape index (κ3) is 4.69. The second-order valence-electron chi connectivity index (χ2n) is 4.15. The van der Waals surface area contributed by atoms with Crippen LogP contribution in [0.3, 0.4) is 0 Å². The lowest BCUT2D eigenvalue weighted by atomic mass is 10.1. The quantitative estimate of drug-likeness (QED) is 0.564. The van der Waals surface area contributed by atoms with E-state index in [-0.39, 0.29) is 6.42 Å². The Labute approximate surface area is 114 Å². The number of hydrogen-bond donors (Lipinski definition) is 4. The summed E-state index contributed by atoms with van der Waals surface area (Å²) in [7, 11) is 0. The summed E-state index contributed by atoms with van der Waals surface area (Å²) in [5.74, 6) is -3.39. The number of rotatable bonds is 7. The van der Waals surface area contributed by atoms with E-state index in [0.29, 0.717) is 5.56 Å². The number of carboxylic acid groups (broad SMARTS) is 2. The molecule has 0 radical (unpaired) electrons. The van der Waals surface area contributed by atoms with Crippen molar-refractivity contribution >= 4 is 17.8 Å². The number of aliphatic hydroxyl groups is 1. The van der Waals surface area contributed by atoms with E-state index >= 15 is 0 Å². The number of hydrogen-bond acceptors (Lipinski definition) is 4. The van der Waals surface area contributed by atoms with Crippen LogP contribution in [0.1, 0.15) is 24.5 Å². The molecule has 0 aromatic heterocycles. The molecule has 0 heterocycles. The van der Waals surface area contributed by atoms with Crippen LogP contribution in [0.4, 0.5) is 0 Å². The van der Waals surface area contributed by atoms with Crippen LogP contribution in [0.25, 0.3) is 0 Å². The standard InChI is InChI=1S/C13H15NO6/c15-10(16)7-6-9(13(19)20)14-12(18)11(17)8-4-2-1-3-5-8/h1-5,9,11,17H,6-7H2,(H,14,18)(H,15,16)(H,19,20)/t9-,11?/m0/s1. The molecule has 1 amide bonds. The molecule has 2 atom stereocenters. The lowest BCUT2D eigenvalue weighted by Crippen LogP contribution is -2.43. The van der Waals surface area contributed by atoms with E-state index < -0.39 is 36.4 Å². The minimum absolute atomic E-state index is 0.252. The number of carboxylic acids is 2. The largest absolute Gasteiger partial charge is 0.481 e. The van der Waals surface area contributed by atoms with Crippen molar-refractivity contribution in [2.24, 2.45) is 0 Å². The van der Waals surface area contributed by atoms with E-state index in [4.69, 9.17) is 10.2 Å². The van der Waals surface area contributed by atoms with Crippen LogP contribution >= 0.6 is 0 Å². The summed E-state index contributed by atoms with van der Waals surface area (Å²) in [6, 6.07) is 6.67. The van der Waals surface area contributed by atoms with Crippen LogP contribution in [0.2, 0.25) is 0 Å². The first-order chi connectivity index (χ1) is 9.41. The number of amides is 1. The molecule has 0 saturated heterocycles. The minimum atomic E-state index is -1.50. The summed E-state index contributed by atoms with van der Waals surface area (Å²) in [6.45, 7) is 0. The molecular formula is C13H15NO6. The normalized spacial score (nSPS) is 13.2. The van der Waals surface area contributed by atoms with Gasteiger partial charge >= 0.3 is 11.9 Å². The van der Waals surface area contributed by atoms with Crippen molar-refractivity contribution < 1.29 is 29.7 Å².